The fourth-order valence-electron chi connectivity index (χ4n) is 1.73. The highest BCUT2D eigenvalue weighted by atomic mass is 79.9. The summed E-state index contributed by atoms with van der Waals surface area (Å²) < 4.78 is 5.68. The number of hydrogen-bond donors (Lipinski definition) is 0. The molecule has 7 heteroatoms. The number of ketones is 1. The summed E-state index contributed by atoms with van der Waals surface area (Å²) in [5.41, 5.74) is -0.154. The van der Waals surface area contributed by atoms with Crippen molar-refractivity contribution < 1.29 is 19.2 Å². The number of nitrogens with zero attached hydrogens (tertiary/aromatic N) is 1. The number of rotatable bonds is 5. The average Bonchev–Trinajstić information content (AvgIpc) is 2.53. The highest BCUT2D eigenvalue weighted by Gasteiger charge is 2.21. The summed E-state index contributed by atoms with van der Waals surface area (Å²) >= 11 is 3.25. The van der Waals surface area contributed by atoms with E-state index >= 15 is 0 Å². The molecule has 0 heterocycles. The van der Waals surface area contributed by atoms with Crippen LogP contribution in [0.15, 0.2) is 53.0 Å². The number of carbonyl (C=O) groups excluding carboxylic acids is 2. The predicted octanol–water partition coefficient (Wildman–Crippen LogP) is 3.40. The third kappa shape index (κ3) is 3.76. The van der Waals surface area contributed by atoms with Crippen molar-refractivity contribution in [1.82, 2.24) is 0 Å². The molecule has 0 spiro atoms. The third-order valence-corrected chi connectivity index (χ3v) is 3.35. The Bertz CT molecular complexity index is 727. The van der Waals surface area contributed by atoms with Gasteiger partial charge in [0.15, 0.2) is 12.4 Å². The van der Waals surface area contributed by atoms with Gasteiger partial charge < -0.3 is 4.74 Å². The summed E-state index contributed by atoms with van der Waals surface area (Å²) in [7, 11) is 0. The van der Waals surface area contributed by atoms with E-state index in [0.29, 0.717) is 5.56 Å². The maximum Gasteiger partial charge on any atom is 0.345 e. The summed E-state index contributed by atoms with van der Waals surface area (Å²) in [6.07, 6.45) is 0. The number of ether oxygens (including phenoxy) is 1. The Morgan fingerprint density at radius 3 is 2.36 bits per heavy atom. The van der Waals surface area contributed by atoms with Gasteiger partial charge in [-0.15, -0.1) is 0 Å². The number of para-hydroxylation sites is 1. The summed E-state index contributed by atoms with van der Waals surface area (Å²) in [6, 6.07) is 12.0. The van der Waals surface area contributed by atoms with E-state index in [1.54, 1.807) is 24.3 Å². The number of nitro benzene ring substituents is 1. The van der Waals surface area contributed by atoms with Crippen molar-refractivity contribution in [2.24, 2.45) is 0 Å². The minimum absolute atomic E-state index is 0.184. The number of carbonyl (C=O) groups is 2. The first-order valence-corrected chi connectivity index (χ1v) is 6.97. The third-order valence-electron chi connectivity index (χ3n) is 2.82. The molecule has 0 aliphatic rings. The van der Waals surface area contributed by atoms with Gasteiger partial charge in [-0.1, -0.05) is 40.2 Å². The molecule has 22 heavy (non-hydrogen) atoms. The molecule has 0 fully saturated rings. The zero-order valence-electron chi connectivity index (χ0n) is 11.2. The molecule has 0 bridgehead atoms. The van der Waals surface area contributed by atoms with Crippen molar-refractivity contribution in [3.63, 3.8) is 0 Å². The second-order valence-corrected chi connectivity index (χ2v) is 5.20. The maximum atomic E-state index is 11.9. The summed E-state index contributed by atoms with van der Waals surface area (Å²) in [4.78, 5) is 33.9. The van der Waals surface area contributed by atoms with E-state index in [4.69, 9.17) is 4.74 Å². The van der Waals surface area contributed by atoms with E-state index < -0.39 is 17.5 Å². The Labute approximate surface area is 134 Å². The SMILES string of the molecule is O=C(COC(=O)c1ccccc1[N+](=O)[O-])c1ccc(Br)cc1. The van der Waals surface area contributed by atoms with Gasteiger partial charge in [-0.05, 0) is 18.2 Å². The van der Waals surface area contributed by atoms with Crippen LogP contribution >= 0.6 is 15.9 Å². The Morgan fingerprint density at radius 1 is 1.09 bits per heavy atom. The van der Waals surface area contributed by atoms with Crippen LogP contribution < -0.4 is 0 Å². The van der Waals surface area contributed by atoms with Crippen molar-refractivity contribution in [2.75, 3.05) is 6.61 Å². The van der Waals surface area contributed by atoms with E-state index in [2.05, 4.69) is 15.9 Å². The highest BCUT2D eigenvalue weighted by molar-refractivity contribution is 9.10. The largest absolute Gasteiger partial charge is 0.454 e. The fourth-order valence-corrected chi connectivity index (χ4v) is 2.00. The molecule has 2 rings (SSSR count). The molecule has 112 valence electrons. The lowest BCUT2D eigenvalue weighted by molar-refractivity contribution is -0.385. The van der Waals surface area contributed by atoms with E-state index in [1.807, 2.05) is 0 Å². The van der Waals surface area contributed by atoms with Crippen molar-refractivity contribution in [2.45, 2.75) is 0 Å². The highest BCUT2D eigenvalue weighted by Crippen LogP contribution is 2.18. The Morgan fingerprint density at radius 2 is 1.73 bits per heavy atom. The van der Waals surface area contributed by atoms with Gasteiger partial charge in [0.2, 0.25) is 0 Å². The predicted molar refractivity (Wildman–Crippen MR) is 81.9 cm³/mol. The van der Waals surface area contributed by atoms with Crippen molar-refractivity contribution in [3.05, 3.63) is 74.2 Å². The maximum absolute atomic E-state index is 11.9. The van der Waals surface area contributed by atoms with Gasteiger partial charge in [0, 0.05) is 16.1 Å². The number of esters is 1. The standard InChI is InChI=1S/C15H10BrNO5/c16-11-7-5-10(6-8-11)14(18)9-22-15(19)12-3-1-2-4-13(12)17(20)21/h1-8H,9H2. The molecule has 0 radical (unpaired) electrons. The van der Waals surface area contributed by atoms with Gasteiger partial charge in [0.25, 0.3) is 5.69 Å². The second kappa shape index (κ2) is 6.95. The zero-order valence-corrected chi connectivity index (χ0v) is 12.8. The first kappa shape index (κ1) is 15.8. The smallest absolute Gasteiger partial charge is 0.345 e. The summed E-state index contributed by atoms with van der Waals surface area (Å²) in [6.45, 7) is -0.480. The molecule has 0 unspecified atom stereocenters. The minimum atomic E-state index is -0.905. The van der Waals surface area contributed by atoms with E-state index in [9.17, 15) is 19.7 Å². The van der Waals surface area contributed by atoms with E-state index in [1.165, 1.54) is 24.3 Å². The van der Waals surface area contributed by atoms with Crippen LogP contribution in [0.5, 0.6) is 0 Å². The van der Waals surface area contributed by atoms with Crippen LogP contribution in [0.25, 0.3) is 0 Å². The number of Topliss-reactive ketones (excluding diaryl/α,β-unsaturated/α-hetero) is 1. The lowest BCUT2D eigenvalue weighted by Crippen LogP contribution is -2.15. The Kier molecular flexibility index (Phi) is 5.00. The molecule has 6 nitrogen and oxygen atoms in total. The van der Waals surface area contributed by atoms with Crippen molar-refractivity contribution in [1.29, 1.82) is 0 Å². The lowest BCUT2D eigenvalue weighted by Gasteiger charge is -2.05. The molecule has 0 N–H and O–H groups in total. The van der Waals surface area contributed by atoms with Crippen LogP contribution in [0.1, 0.15) is 20.7 Å². The molecule has 0 aliphatic carbocycles. The monoisotopic (exact) mass is 363 g/mol. The number of halogens is 1. The molecule has 0 aliphatic heterocycles. The second-order valence-electron chi connectivity index (χ2n) is 4.28. The van der Waals surface area contributed by atoms with Crippen LogP contribution in [0.3, 0.4) is 0 Å². The van der Waals surface area contributed by atoms with Gasteiger partial charge in [-0.2, -0.15) is 0 Å². The number of hydrogen-bond acceptors (Lipinski definition) is 5. The quantitative estimate of drug-likeness (QED) is 0.351. The number of benzene rings is 2. The molecular weight excluding hydrogens is 354 g/mol. The first-order valence-electron chi connectivity index (χ1n) is 6.18. The molecule has 2 aromatic rings. The zero-order chi connectivity index (χ0) is 16.1. The normalized spacial score (nSPS) is 10.0. The fraction of sp³-hybridized carbons (Fsp3) is 0.0667. The van der Waals surface area contributed by atoms with Gasteiger partial charge >= 0.3 is 5.97 Å². The molecule has 0 saturated carbocycles. The van der Waals surface area contributed by atoms with Crippen LogP contribution in [-0.2, 0) is 4.74 Å². The Balaban J connectivity index is 2.06. The molecule has 0 atom stereocenters. The van der Waals surface area contributed by atoms with Gasteiger partial charge in [0.1, 0.15) is 5.56 Å². The number of nitro groups is 1. The van der Waals surface area contributed by atoms with Gasteiger partial charge in [-0.3, -0.25) is 14.9 Å². The van der Waals surface area contributed by atoms with Crippen LogP contribution in [0.4, 0.5) is 5.69 Å². The molecule has 0 amide bonds. The molecular formula is C15H10BrNO5. The first-order chi connectivity index (χ1) is 10.5. The summed E-state index contributed by atoms with van der Waals surface area (Å²) in [5, 5.41) is 10.8. The van der Waals surface area contributed by atoms with Crippen LogP contribution in [0, 0.1) is 10.1 Å². The van der Waals surface area contributed by atoms with Crippen molar-refractivity contribution in [3.8, 4) is 0 Å². The van der Waals surface area contributed by atoms with Crippen molar-refractivity contribution >= 4 is 33.4 Å². The molecule has 0 saturated heterocycles. The average molecular weight is 364 g/mol. The topological polar surface area (TPSA) is 86.5 Å². The molecule has 2 aromatic carbocycles. The minimum Gasteiger partial charge on any atom is -0.454 e. The van der Waals surface area contributed by atoms with E-state index in [-0.39, 0.29) is 17.0 Å². The van der Waals surface area contributed by atoms with Crippen LogP contribution in [0.2, 0.25) is 0 Å². The molecule has 0 aromatic heterocycles. The Hall–Kier alpha value is -2.54. The van der Waals surface area contributed by atoms with Crippen LogP contribution in [-0.4, -0.2) is 23.3 Å². The van der Waals surface area contributed by atoms with E-state index in [0.717, 1.165) is 4.47 Å². The van der Waals surface area contributed by atoms with Gasteiger partial charge in [-0.25, -0.2) is 4.79 Å². The van der Waals surface area contributed by atoms with Gasteiger partial charge in [0.05, 0.1) is 4.92 Å². The lowest BCUT2D eigenvalue weighted by atomic mass is 10.1. The summed E-state index contributed by atoms with van der Waals surface area (Å²) in [5.74, 6) is -1.29.